The summed E-state index contributed by atoms with van der Waals surface area (Å²) in [4.78, 5) is 0. The third-order valence-electron chi connectivity index (χ3n) is 6.83. The molecule has 3 aromatic rings. The van der Waals surface area contributed by atoms with E-state index >= 15 is 0 Å². The molecule has 0 aromatic heterocycles. The van der Waals surface area contributed by atoms with Crippen molar-refractivity contribution >= 4 is 21.5 Å². The number of hydrogen-bond acceptors (Lipinski definition) is 0. The maximum atomic E-state index is 14.6. The van der Waals surface area contributed by atoms with Crippen molar-refractivity contribution < 1.29 is 132 Å². The van der Waals surface area contributed by atoms with E-state index in [1.165, 1.54) is 0 Å². The summed E-state index contributed by atoms with van der Waals surface area (Å²) in [5.41, 5.74) is -51.5. The van der Waals surface area contributed by atoms with Gasteiger partial charge in [0.2, 0.25) is 0 Å². The van der Waals surface area contributed by atoms with Crippen molar-refractivity contribution in [3.63, 3.8) is 0 Å². The molecule has 0 nitrogen and oxygen atoms in total. The molecule has 0 N–H and O–H groups in total. The van der Waals surface area contributed by atoms with Crippen molar-refractivity contribution in [1.82, 2.24) is 0 Å². The van der Waals surface area contributed by atoms with E-state index in [-0.39, 0.29) is 0 Å². The van der Waals surface area contributed by atoms with Gasteiger partial charge in [-0.1, -0.05) is 0 Å². The predicted molar refractivity (Wildman–Crippen MR) is 111 cm³/mol. The molecule has 0 radical (unpaired) electrons. The van der Waals surface area contributed by atoms with Gasteiger partial charge in [0.25, 0.3) is 0 Å². The number of rotatable bonds is 0. The van der Waals surface area contributed by atoms with Gasteiger partial charge < -0.3 is 0 Å². The molecule has 0 bridgehead atoms. The predicted octanol–water partition coefficient (Wildman–Crippen LogP) is 14.2. The number of benzene rings is 3. The molecule has 0 saturated heterocycles. The van der Waals surface area contributed by atoms with E-state index in [4.69, 9.17) is 0 Å². The first-order chi connectivity index (χ1) is 23.2. The van der Waals surface area contributed by atoms with Crippen LogP contribution in [0.2, 0.25) is 0 Å². The standard InChI is InChI=1S/C24F30/c25-15(26,27)5-1-2(8(18(34,35)36)12(22(46,47)48)11(21(43,44)45)7(1)17(31,32)33)6(16(28,29)30)4-3(5)9(19(37,38)39)13(23(49,50)51)14(24(52,53)54)10(4)20(40,41)42. The van der Waals surface area contributed by atoms with Crippen molar-refractivity contribution in [2.45, 2.75) is 61.8 Å². The molecule has 30 heteroatoms. The summed E-state index contributed by atoms with van der Waals surface area (Å²) in [6, 6.07) is 0. The van der Waals surface area contributed by atoms with Crippen LogP contribution in [0.5, 0.6) is 0 Å². The molecule has 0 unspecified atom stereocenters. The van der Waals surface area contributed by atoms with Gasteiger partial charge in [-0.05, 0) is 0 Å². The van der Waals surface area contributed by atoms with Crippen LogP contribution in [0.4, 0.5) is 132 Å². The molecule has 0 spiro atoms. The minimum absolute atomic E-state index is 4.88. The summed E-state index contributed by atoms with van der Waals surface area (Å²) in [6.07, 6.45) is -79.5. The smallest absolute Gasteiger partial charge is 0.166 e. The Balaban J connectivity index is 3.62. The SMILES string of the molecule is FC(F)(F)c1c(C(F)(F)F)c(C(F)(F)F)c2c(C(F)(F)F)c3c(C(F)(F)F)c(C(F)(F)F)c(C(F)(F)F)c(C(F)(F)F)c3c(C(F)(F)F)c2c1C(F)(F)F. The van der Waals surface area contributed by atoms with Crippen molar-refractivity contribution in [2.75, 3.05) is 0 Å². The first-order valence-electron chi connectivity index (χ1n) is 12.2. The Kier molecular flexibility index (Phi) is 9.71. The highest BCUT2D eigenvalue weighted by Gasteiger charge is 2.63. The maximum Gasteiger partial charge on any atom is 0.417 e. The Morgan fingerprint density at radius 3 is 0.296 bits per heavy atom. The molecule has 0 atom stereocenters. The van der Waals surface area contributed by atoms with Gasteiger partial charge in [-0.15, -0.1) is 0 Å². The molecule has 0 saturated carbocycles. The van der Waals surface area contributed by atoms with E-state index in [9.17, 15) is 132 Å². The van der Waals surface area contributed by atoms with Crippen LogP contribution >= 0.6 is 0 Å². The van der Waals surface area contributed by atoms with E-state index < -0.39 is 139 Å². The van der Waals surface area contributed by atoms with Gasteiger partial charge >= 0.3 is 61.8 Å². The van der Waals surface area contributed by atoms with Crippen LogP contribution in [0.3, 0.4) is 0 Å². The lowest BCUT2D eigenvalue weighted by Crippen LogP contribution is -2.32. The second-order valence-electron chi connectivity index (χ2n) is 10.2. The third kappa shape index (κ3) is 7.39. The normalized spacial score (nSPS) is 15.2. The van der Waals surface area contributed by atoms with Crippen LogP contribution in [0, 0.1) is 0 Å². The Hall–Kier alpha value is -3.92. The molecule has 306 valence electrons. The second-order valence-corrected chi connectivity index (χ2v) is 10.2. The number of alkyl halides is 30. The van der Waals surface area contributed by atoms with Crippen LogP contribution in [0.1, 0.15) is 55.6 Å². The average Bonchev–Trinajstić information content (AvgIpc) is 2.82. The average molecular weight is 858 g/mol. The molecule has 0 aliphatic heterocycles. The lowest BCUT2D eigenvalue weighted by Gasteiger charge is -2.33. The van der Waals surface area contributed by atoms with Crippen LogP contribution in [0.15, 0.2) is 0 Å². The van der Waals surface area contributed by atoms with Crippen molar-refractivity contribution in [3.05, 3.63) is 55.6 Å². The van der Waals surface area contributed by atoms with Crippen LogP contribution in [0.25, 0.3) is 21.5 Å². The van der Waals surface area contributed by atoms with Gasteiger partial charge in [-0.3, -0.25) is 0 Å². The van der Waals surface area contributed by atoms with Gasteiger partial charge in [-0.25, -0.2) is 0 Å². The number of hydrogen-bond donors (Lipinski definition) is 0. The zero-order chi connectivity index (χ0) is 43.1. The quantitative estimate of drug-likeness (QED) is 0.156. The number of halogens is 30. The largest absolute Gasteiger partial charge is 0.417 e. The van der Waals surface area contributed by atoms with E-state index in [0.29, 0.717) is 0 Å². The zero-order valence-electron chi connectivity index (χ0n) is 23.3. The van der Waals surface area contributed by atoms with Crippen molar-refractivity contribution in [3.8, 4) is 0 Å². The third-order valence-corrected chi connectivity index (χ3v) is 6.83. The highest BCUT2D eigenvalue weighted by molar-refractivity contribution is 6.13. The Labute approximate surface area is 271 Å². The molecular formula is C24F30. The van der Waals surface area contributed by atoms with Gasteiger partial charge in [0, 0.05) is 21.5 Å². The van der Waals surface area contributed by atoms with Crippen LogP contribution in [-0.4, -0.2) is 0 Å². The fourth-order valence-electron chi connectivity index (χ4n) is 5.58. The lowest BCUT2D eigenvalue weighted by molar-refractivity contribution is -0.182. The van der Waals surface area contributed by atoms with E-state index in [2.05, 4.69) is 0 Å². The number of fused-ring (bicyclic) bond motifs is 2. The van der Waals surface area contributed by atoms with Gasteiger partial charge in [0.15, 0.2) is 0 Å². The summed E-state index contributed by atoms with van der Waals surface area (Å²) in [6.45, 7) is 0. The first-order valence-corrected chi connectivity index (χ1v) is 12.2. The molecule has 0 aliphatic carbocycles. The fourth-order valence-corrected chi connectivity index (χ4v) is 5.58. The molecular weight excluding hydrogens is 858 g/mol. The van der Waals surface area contributed by atoms with Gasteiger partial charge in [-0.2, -0.15) is 132 Å². The van der Waals surface area contributed by atoms with Crippen molar-refractivity contribution in [1.29, 1.82) is 0 Å². The van der Waals surface area contributed by atoms with E-state index in [1.807, 2.05) is 0 Å². The Morgan fingerprint density at radius 2 is 0.222 bits per heavy atom. The maximum absolute atomic E-state index is 14.6. The molecule has 3 aromatic carbocycles. The second kappa shape index (κ2) is 11.8. The summed E-state index contributed by atoms with van der Waals surface area (Å²) < 4.78 is 426. The summed E-state index contributed by atoms with van der Waals surface area (Å²) in [5, 5.41) is -19.5. The molecule has 0 fully saturated rings. The van der Waals surface area contributed by atoms with Crippen LogP contribution < -0.4 is 0 Å². The van der Waals surface area contributed by atoms with Crippen molar-refractivity contribution in [2.24, 2.45) is 0 Å². The molecule has 0 heterocycles. The molecule has 0 amide bonds. The van der Waals surface area contributed by atoms with Gasteiger partial charge in [0.05, 0.1) is 55.6 Å². The summed E-state index contributed by atoms with van der Waals surface area (Å²) in [7, 11) is 0. The highest BCUT2D eigenvalue weighted by atomic mass is 19.4. The molecule has 0 aliphatic rings. The first kappa shape index (κ1) is 44.5. The minimum atomic E-state index is -8.04. The van der Waals surface area contributed by atoms with E-state index in [0.717, 1.165) is 0 Å². The van der Waals surface area contributed by atoms with Crippen LogP contribution in [-0.2, 0) is 61.8 Å². The monoisotopic (exact) mass is 858 g/mol. The highest BCUT2D eigenvalue weighted by Crippen LogP contribution is 2.64. The lowest BCUT2D eigenvalue weighted by atomic mass is 9.76. The fraction of sp³-hybridized carbons (Fsp3) is 0.417. The Morgan fingerprint density at radius 1 is 0.130 bits per heavy atom. The summed E-state index contributed by atoms with van der Waals surface area (Å²) >= 11 is 0. The van der Waals surface area contributed by atoms with Gasteiger partial charge in [0.1, 0.15) is 0 Å². The molecule has 3 rings (SSSR count). The molecule has 54 heavy (non-hydrogen) atoms. The zero-order valence-corrected chi connectivity index (χ0v) is 23.3. The Bertz CT molecular complexity index is 1710. The topological polar surface area (TPSA) is 0 Å². The van der Waals surface area contributed by atoms with E-state index in [1.54, 1.807) is 0 Å². The summed E-state index contributed by atoms with van der Waals surface area (Å²) in [5.74, 6) is 0. The minimum Gasteiger partial charge on any atom is -0.166 e.